The highest BCUT2D eigenvalue weighted by molar-refractivity contribution is 5.89. The minimum atomic E-state index is -0.254. The van der Waals surface area contributed by atoms with E-state index in [2.05, 4.69) is 20.6 Å². The molecule has 2 amide bonds. The molecule has 6 nitrogen and oxygen atoms in total. The number of H-pyrrole nitrogens is 1. The SMILES string of the molecule is CN(C)CCNC(=O)Nc1nc2ccccc2[nH]1. The van der Waals surface area contributed by atoms with Crippen molar-refractivity contribution >= 4 is 23.0 Å². The summed E-state index contributed by atoms with van der Waals surface area (Å²) in [5.74, 6) is 0.457. The van der Waals surface area contributed by atoms with Gasteiger partial charge in [0.05, 0.1) is 11.0 Å². The first-order chi connectivity index (χ1) is 8.65. The quantitative estimate of drug-likeness (QED) is 0.761. The van der Waals surface area contributed by atoms with Gasteiger partial charge in [-0.3, -0.25) is 5.32 Å². The molecule has 18 heavy (non-hydrogen) atoms. The topological polar surface area (TPSA) is 73.1 Å². The molecule has 0 radical (unpaired) electrons. The molecule has 6 heteroatoms. The molecule has 0 aliphatic rings. The van der Waals surface area contributed by atoms with Crippen molar-refractivity contribution in [3.8, 4) is 0 Å². The smallest absolute Gasteiger partial charge is 0.321 e. The van der Waals surface area contributed by atoms with Crippen molar-refractivity contribution in [2.75, 3.05) is 32.5 Å². The Morgan fingerprint density at radius 1 is 1.39 bits per heavy atom. The maximum absolute atomic E-state index is 11.6. The van der Waals surface area contributed by atoms with E-state index in [0.29, 0.717) is 12.5 Å². The Morgan fingerprint density at radius 2 is 2.17 bits per heavy atom. The summed E-state index contributed by atoms with van der Waals surface area (Å²) in [5.41, 5.74) is 1.74. The molecule has 1 aromatic carbocycles. The molecule has 0 aliphatic carbocycles. The monoisotopic (exact) mass is 247 g/mol. The lowest BCUT2D eigenvalue weighted by Crippen LogP contribution is -2.34. The first-order valence-corrected chi connectivity index (χ1v) is 5.79. The highest BCUT2D eigenvalue weighted by atomic mass is 16.2. The van der Waals surface area contributed by atoms with E-state index in [9.17, 15) is 4.79 Å². The first-order valence-electron chi connectivity index (χ1n) is 5.79. The van der Waals surface area contributed by atoms with E-state index in [0.717, 1.165) is 17.6 Å². The van der Waals surface area contributed by atoms with E-state index in [1.54, 1.807) is 0 Å². The van der Waals surface area contributed by atoms with E-state index >= 15 is 0 Å². The standard InChI is InChI=1S/C12H17N5O/c1-17(2)8-7-13-12(18)16-11-14-9-5-3-4-6-10(9)15-11/h3-6H,7-8H2,1-2H3,(H3,13,14,15,16,18). The summed E-state index contributed by atoms with van der Waals surface area (Å²) in [6.07, 6.45) is 0. The maximum Gasteiger partial charge on any atom is 0.321 e. The number of hydrogen-bond donors (Lipinski definition) is 3. The fourth-order valence-electron chi connectivity index (χ4n) is 1.56. The number of carbonyl (C=O) groups excluding carboxylic acids is 1. The number of amides is 2. The normalized spacial score (nSPS) is 10.8. The van der Waals surface area contributed by atoms with Crippen molar-refractivity contribution in [1.82, 2.24) is 20.2 Å². The summed E-state index contributed by atoms with van der Waals surface area (Å²) in [5, 5.41) is 5.42. The third-order valence-corrected chi connectivity index (χ3v) is 2.47. The number of fused-ring (bicyclic) bond motifs is 1. The molecule has 0 unspecified atom stereocenters. The van der Waals surface area contributed by atoms with Crippen LogP contribution in [0.1, 0.15) is 0 Å². The van der Waals surface area contributed by atoms with Crippen LogP contribution in [0, 0.1) is 0 Å². The molecule has 0 atom stereocenters. The van der Waals surface area contributed by atoms with Crippen molar-refractivity contribution < 1.29 is 4.79 Å². The number of benzene rings is 1. The molecule has 0 saturated carbocycles. The predicted molar refractivity (Wildman–Crippen MR) is 71.7 cm³/mol. The van der Waals surface area contributed by atoms with Gasteiger partial charge in [0, 0.05) is 13.1 Å². The molecule has 2 aromatic rings. The van der Waals surface area contributed by atoms with Crippen molar-refractivity contribution in [2.24, 2.45) is 0 Å². The van der Waals surface area contributed by atoms with E-state index in [-0.39, 0.29) is 6.03 Å². The van der Waals surface area contributed by atoms with Crippen LogP contribution in [0.5, 0.6) is 0 Å². The minimum absolute atomic E-state index is 0.254. The molecular formula is C12H17N5O. The van der Waals surface area contributed by atoms with Gasteiger partial charge in [-0.1, -0.05) is 12.1 Å². The van der Waals surface area contributed by atoms with Crippen molar-refractivity contribution in [1.29, 1.82) is 0 Å². The average molecular weight is 247 g/mol. The molecule has 0 spiro atoms. The summed E-state index contributed by atoms with van der Waals surface area (Å²) in [4.78, 5) is 20.9. The van der Waals surface area contributed by atoms with Crippen LogP contribution in [0.15, 0.2) is 24.3 Å². The van der Waals surface area contributed by atoms with Crippen LogP contribution in [0.25, 0.3) is 11.0 Å². The van der Waals surface area contributed by atoms with Crippen LogP contribution in [-0.2, 0) is 0 Å². The number of rotatable bonds is 4. The molecule has 0 bridgehead atoms. The Balaban J connectivity index is 1.90. The van der Waals surface area contributed by atoms with E-state index < -0.39 is 0 Å². The zero-order chi connectivity index (χ0) is 13.0. The lowest BCUT2D eigenvalue weighted by atomic mass is 10.3. The molecule has 0 aliphatic heterocycles. The molecule has 0 saturated heterocycles. The lowest BCUT2D eigenvalue weighted by molar-refractivity contribution is 0.250. The van der Waals surface area contributed by atoms with Crippen LogP contribution in [0.4, 0.5) is 10.7 Å². The number of urea groups is 1. The van der Waals surface area contributed by atoms with Crippen molar-refractivity contribution in [2.45, 2.75) is 0 Å². The average Bonchev–Trinajstić information content (AvgIpc) is 2.70. The number of anilines is 1. The molecule has 1 heterocycles. The Hall–Kier alpha value is -2.08. The van der Waals surface area contributed by atoms with Gasteiger partial charge in [0.1, 0.15) is 0 Å². The van der Waals surface area contributed by atoms with Crippen LogP contribution in [0.3, 0.4) is 0 Å². The van der Waals surface area contributed by atoms with Gasteiger partial charge in [0.15, 0.2) is 0 Å². The molecule has 1 aromatic heterocycles. The van der Waals surface area contributed by atoms with E-state index in [1.807, 2.05) is 43.3 Å². The van der Waals surface area contributed by atoms with Crippen LogP contribution < -0.4 is 10.6 Å². The van der Waals surface area contributed by atoms with Gasteiger partial charge >= 0.3 is 6.03 Å². The second-order valence-corrected chi connectivity index (χ2v) is 4.29. The lowest BCUT2D eigenvalue weighted by Gasteiger charge is -2.10. The molecule has 0 fully saturated rings. The van der Waals surface area contributed by atoms with Crippen molar-refractivity contribution in [3.05, 3.63) is 24.3 Å². The number of para-hydroxylation sites is 2. The summed E-state index contributed by atoms with van der Waals surface area (Å²) in [6, 6.07) is 7.38. The number of nitrogens with one attached hydrogen (secondary N) is 3. The zero-order valence-electron chi connectivity index (χ0n) is 10.5. The van der Waals surface area contributed by atoms with Crippen LogP contribution in [-0.4, -0.2) is 48.1 Å². The summed E-state index contributed by atoms with van der Waals surface area (Å²) in [6.45, 7) is 1.40. The number of nitrogens with zero attached hydrogens (tertiary/aromatic N) is 2. The number of aromatic nitrogens is 2. The highest BCUT2D eigenvalue weighted by Gasteiger charge is 2.05. The van der Waals surface area contributed by atoms with E-state index in [4.69, 9.17) is 0 Å². The molecular weight excluding hydrogens is 230 g/mol. The van der Waals surface area contributed by atoms with Gasteiger partial charge in [-0.15, -0.1) is 0 Å². The molecule has 2 rings (SSSR count). The first kappa shape index (κ1) is 12.4. The number of likely N-dealkylation sites (N-methyl/N-ethyl adjacent to an activating group) is 1. The Kier molecular flexibility index (Phi) is 3.78. The largest absolute Gasteiger partial charge is 0.337 e. The fourth-order valence-corrected chi connectivity index (χ4v) is 1.56. The van der Waals surface area contributed by atoms with Gasteiger partial charge in [-0.2, -0.15) is 0 Å². The third kappa shape index (κ3) is 3.21. The second-order valence-electron chi connectivity index (χ2n) is 4.29. The van der Waals surface area contributed by atoms with E-state index in [1.165, 1.54) is 0 Å². The molecule has 96 valence electrons. The second kappa shape index (κ2) is 5.50. The number of aromatic amines is 1. The fraction of sp³-hybridized carbons (Fsp3) is 0.333. The van der Waals surface area contributed by atoms with Crippen LogP contribution in [0.2, 0.25) is 0 Å². The Labute approximate surface area is 105 Å². The van der Waals surface area contributed by atoms with Gasteiger partial charge < -0.3 is 15.2 Å². The highest BCUT2D eigenvalue weighted by Crippen LogP contribution is 2.12. The predicted octanol–water partition coefficient (Wildman–Crippen LogP) is 1.25. The summed E-state index contributed by atoms with van der Waals surface area (Å²) < 4.78 is 0. The number of imidazole rings is 1. The Bertz CT molecular complexity index is 501. The van der Waals surface area contributed by atoms with Crippen molar-refractivity contribution in [3.63, 3.8) is 0 Å². The van der Waals surface area contributed by atoms with Gasteiger partial charge in [0.2, 0.25) is 5.95 Å². The zero-order valence-corrected chi connectivity index (χ0v) is 10.5. The van der Waals surface area contributed by atoms with Gasteiger partial charge in [-0.25, -0.2) is 9.78 Å². The number of carbonyl (C=O) groups is 1. The molecule has 3 N–H and O–H groups in total. The number of hydrogen-bond acceptors (Lipinski definition) is 3. The maximum atomic E-state index is 11.6. The summed E-state index contributed by atoms with van der Waals surface area (Å²) in [7, 11) is 3.91. The van der Waals surface area contributed by atoms with Gasteiger partial charge in [0.25, 0.3) is 0 Å². The van der Waals surface area contributed by atoms with Gasteiger partial charge in [-0.05, 0) is 26.2 Å². The summed E-state index contributed by atoms with van der Waals surface area (Å²) >= 11 is 0. The Morgan fingerprint density at radius 3 is 2.89 bits per heavy atom. The minimum Gasteiger partial charge on any atom is -0.337 e. The third-order valence-electron chi connectivity index (χ3n) is 2.47. The van der Waals surface area contributed by atoms with Crippen LogP contribution >= 0.6 is 0 Å².